The molecular weight excluding hydrogens is 436 g/mol. The lowest BCUT2D eigenvalue weighted by Crippen LogP contribution is -2.23. The molecule has 0 spiro atoms. The van der Waals surface area contributed by atoms with Gasteiger partial charge in [0.1, 0.15) is 11.8 Å². The van der Waals surface area contributed by atoms with Crippen molar-refractivity contribution in [2.75, 3.05) is 13.2 Å². The van der Waals surface area contributed by atoms with Crippen LogP contribution in [0.4, 0.5) is 0 Å². The molecule has 1 N–H and O–H groups in total. The molecule has 0 saturated carbocycles. The summed E-state index contributed by atoms with van der Waals surface area (Å²) < 4.78 is 34.0. The third-order valence-corrected chi connectivity index (χ3v) is 7.27. The van der Waals surface area contributed by atoms with Crippen molar-refractivity contribution in [3.63, 3.8) is 0 Å². The fourth-order valence-electron chi connectivity index (χ4n) is 4.07. The van der Waals surface area contributed by atoms with E-state index in [2.05, 4.69) is 14.7 Å². The Balaban J connectivity index is 1.46. The molecule has 8 heteroatoms. The number of nitrogens with one attached hydrogen (secondary N) is 1. The molecule has 3 heterocycles. The van der Waals surface area contributed by atoms with Crippen LogP contribution in [0.1, 0.15) is 30.0 Å². The van der Waals surface area contributed by atoms with Gasteiger partial charge in [-0.2, -0.15) is 0 Å². The molecule has 2 aromatic carbocycles. The smallest absolute Gasteiger partial charge is 0.240 e. The first-order chi connectivity index (χ1) is 16.1. The minimum atomic E-state index is -3.67. The summed E-state index contributed by atoms with van der Waals surface area (Å²) in [6.45, 7) is 1.66. The second kappa shape index (κ2) is 9.35. The number of sulfonamides is 1. The summed E-state index contributed by atoms with van der Waals surface area (Å²) in [7, 11) is -3.67. The highest BCUT2D eigenvalue weighted by molar-refractivity contribution is 7.89. The topological polar surface area (TPSA) is 94.1 Å². The van der Waals surface area contributed by atoms with Gasteiger partial charge < -0.3 is 4.74 Å². The van der Waals surface area contributed by atoms with Gasteiger partial charge in [0.2, 0.25) is 10.0 Å². The first kappa shape index (κ1) is 21.6. The Kier molecular flexibility index (Phi) is 6.13. The Bertz CT molecular complexity index is 1370. The normalized spacial score (nSPS) is 15.0. The number of benzene rings is 2. The van der Waals surface area contributed by atoms with Crippen LogP contribution in [0.5, 0.6) is 0 Å². The van der Waals surface area contributed by atoms with E-state index in [1.807, 2.05) is 48.5 Å². The van der Waals surface area contributed by atoms with E-state index in [-0.39, 0.29) is 17.4 Å². The number of fused-ring (bicyclic) bond motifs is 1. The summed E-state index contributed by atoms with van der Waals surface area (Å²) in [5, 5.41) is 0. The average molecular weight is 461 g/mol. The SMILES string of the molecule is O=S(=O)(NCc1ccccc1)c1cccc(-c2ccc3ncnc(C4CCOCC4)c3n2)c1. The standard InChI is InChI=1S/C25H24N4O3S/c30-33(31,28-16-18-5-2-1-3-6-18)21-8-4-7-20(15-21)22-9-10-23-25(29-22)24(27-17-26-23)19-11-13-32-14-12-19/h1-10,15,17,19,28H,11-14,16H2. The van der Waals surface area contributed by atoms with E-state index in [0.29, 0.717) is 18.9 Å². The summed E-state index contributed by atoms with van der Waals surface area (Å²) >= 11 is 0. The number of aromatic nitrogens is 3. The molecule has 0 bridgehead atoms. The highest BCUT2D eigenvalue weighted by Gasteiger charge is 2.21. The minimum Gasteiger partial charge on any atom is -0.381 e. The van der Waals surface area contributed by atoms with Gasteiger partial charge in [0.15, 0.2) is 0 Å². The number of nitrogens with zero attached hydrogens (tertiary/aromatic N) is 3. The van der Waals surface area contributed by atoms with Gasteiger partial charge in [-0.1, -0.05) is 42.5 Å². The quantitative estimate of drug-likeness (QED) is 0.466. The lowest BCUT2D eigenvalue weighted by Gasteiger charge is -2.22. The Labute approximate surface area is 192 Å². The van der Waals surface area contributed by atoms with Crippen LogP contribution in [0, 0.1) is 0 Å². The summed E-state index contributed by atoms with van der Waals surface area (Å²) in [4.78, 5) is 14.0. The second-order valence-electron chi connectivity index (χ2n) is 8.05. The van der Waals surface area contributed by atoms with Crippen molar-refractivity contribution in [3.8, 4) is 11.3 Å². The van der Waals surface area contributed by atoms with Gasteiger partial charge in [-0.15, -0.1) is 0 Å². The third kappa shape index (κ3) is 4.78. The third-order valence-electron chi connectivity index (χ3n) is 5.87. The number of hydrogen-bond donors (Lipinski definition) is 1. The predicted molar refractivity (Wildman–Crippen MR) is 126 cm³/mol. The van der Waals surface area contributed by atoms with E-state index < -0.39 is 10.0 Å². The summed E-state index contributed by atoms with van der Waals surface area (Å²) in [5.41, 5.74) is 4.78. The molecule has 2 aromatic heterocycles. The van der Waals surface area contributed by atoms with Gasteiger partial charge in [-0.05, 0) is 42.7 Å². The average Bonchev–Trinajstić information content (AvgIpc) is 2.88. The van der Waals surface area contributed by atoms with E-state index in [1.165, 1.54) is 0 Å². The zero-order valence-electron chi connectivity index (χ0n) is 18.0. The zero-order chi connectivity index (χ0) is 22.7. The van der Waals surface area contributed by atoms with Crippen molar-refractivity contribution in [1.29, 1.82) is 0 Å². The molecule has 4 aromatic rings. The first-order valence-corrected chi connectivity index (χ1v) is 12.4. The van der Waals surface area contributed by atoms with Crippen LogP contribution >= 0.6 is 0 Å². The minimum absolute atomic E-state index is 0.201. The molecule has 0 amide bonds. The van der Waals surface area contributed by atoms with E-state index in [9.17, 15) is 8.42 Å². The molecule has 1 aliphatic rings. The summed E-state index contributed by atoms with van der Waals surface area (Å²) in [6.07, 6.45) is 3.39. The molecular formula is C25H24N4O3S. The lowest BCUT2D eigenvalue weighted by atomic mass is 9.95. The molecule has 0 radical (unpaired) electrons. The van der Waals surface area contributed by atoms with Crippen molar-refractivity contribution in [3.05, 3.63) is 84.3 Å². The van der Waals surface area contributed by atoms with Crippen LogP contribution in [0.2, 0.25) is 0 Å². The van der Waals surface area contributed by atoms with Crippen molar-refractivity contribution >= 4 is 21.1 Å². The molecule has 33 heavy (non-hydrogen) atoms. The van der Waals surface area contributed by atoms with Crippen molar-refractivity contribution in [2.24, 2.45) is 0 Å². The van der Waals surface area contributed by atoms with E-state index in [1.54, 1.807) is 24.5 Å². The second-order valence-corrected chi connectivity index (χ2v) is 9.81. The van der Waals surface area contributed by atoms with E-state index in [4.69, 9.17) is 9.72 Å². The molecule has 7 nitrogen and oxygen atoms in total. The molecule has 168 valence electrons. The molecule has 0 aliphatic carbocycles. The summed E-state index contributed by atoms with van der Waals surface area (Å²) in [5.74, 6) is 0.279. The molecule has 1 fully saturated rings. The van der Waals surface area contributed by atoms with Crippen LogP contribution in [-0.2, 0) is 21.3 Å². The number of rotatable bonds is 6. The number of pyridine rings is 1. The van der Waals surface area contributed by atoms with Gasteiger partial charge in [-0.25, -0.2) is 28.1 Å². The van der Waals surface area contributed by atoms with Crippen molar-refractivity contribution in [1.82, 2.24) is 19.7 Å². The van der Waals surface area contributed by atoms with Crippen molar-refractivity contribution in [2.45, 2.75) is 30.2 Å². The maximum absolute atomic E-state index is 12.9. The van der Waals surface area contributed by atoms with E-state index in [0.717, 1.165) is 40.7 Å². The van der Waals surface area contributed by atoms with Gasteiger partial charge in [0, 0.05) is 31.2 Å². The first-order valence-electron chi connectivity index (χ1n) is 10.9. The maximum atomic E-state index is 12.9. The Morgan fingerprint density at radius 2 is 1.76 bits per heavy atom. The van der Waals surface area contributed by atoms with Crippen molar-refractivity contribution < 1.29 is 13.2 Å². The molecule has 0 unspecified atom stereocenters. The highest BCUT2D eigenvalue weighted by atomic mass is 32.2. The maximum Gasteiger partial charge on any atom is 0.240 e. The highest BCUT2D eigenvalue weighted by Crippen LogP contribution is 2.31. The molecule has 1 aliphatic heterocycles. The van der Waals surface area contributed by atoms with Gasteiger partial charge >= 0.3 is 0 Å². The lowest BCUT2D eigenvalue weighted by molar-refractivity contribution is 0.0847. The van der Waals surface area contributed by atoms with Gasteiger partial charge in [-0.3, -0.25) is 0 Å². The predicted octanol–water partition coefficient (Wildman–Crippen LogP) is 4.06. The number of hydrogen-bond acceptors (Lipinski definition) is 6. The van der Waals surface area contributed by atoms with Crippen LogP contribution in [0.3, 0.4) is 0 Å². The summed E-state index contributed by atoms with van der Waals surface area (Å²) in [6, 6.07) is 20.1. The van der Waals surface area contributed by atoms with Gasteiger partial charge in [0.25, 0.3) is 0 Å². The fraction of sp³-hybridized carbons (Fsp3) is 0.240. The van der Waals surface area contributed by atoms with Gasteiger partial charge in [0.05, 0.1) is 21.8 Å². The van der Waals surface area contributed by atoms with Crippen LogP contribution in [-0.4, -0.2) is 36.6 Å². The molecule has 0 atom stereocenters. The van der Waals surface area contributed by atoms with Crippen LogP contribution < -0.4 is 4.72 Å². The fourth-order valence-corrected chi connectivity index (χ4v) is 5.13. The van der Waals surface area contributed by atoms with Crippen LogP contribution in [0.25, 0.3) is 22.3 Å². The Morgan fingerprint density at radius 3 is 2.58 bits per heavy atom. The monoisotopic (exact) mass is 460 g/mol. The van der Waals surface area contributed by atoms with E-state index >= 15 is 0 Å². The number of ether oxygens (including phenoxy) is 1. The Hall–Kier alpha value is -3.20. The molecule has 5 rings (SSSR count). The zero-order valence-corrected chi connectivity index (χ0v) is 18.8. The molecule has 1 saturated heterocycles. The Morgan fingerprint density at radius 1 is 0.939 bits per heavy atom. The largest absolute Gasteiger partial charge is 0.381 e. The van der Waals surface area contributed by atoms with Crippen LogP contribution in [0.15, 0.2) is 78.0 Å².